The number of hydrogen-bond acceptors (Lipinski definition) is 9. The molecule has 0 aromatic heterocycles. The molecule has 188 valence electrons. The number of dihydropyridines is 1. The van der Waals surface area contributed by atoms with Gasteiger partial charge in [-0.1, -0.05) is 13.0 Å². The second-order valence-corrected chi connectivity index (χ2v) is 8.49. The molecule has 0 amide bonds. The van der Waals surface area contributed by atoms with Crippen LogP contribution in [0, 0.1) is 11.8 Å². The van der Waals surface area contributed by atoms with Crippen LogP contribution in [-0.4, -0.2) is 44.0 Å². The summed E-state index contributed by atoms with van der Waals surface area (Å²) in [5, 5.41) is 3.21. The molecule has 9 heteroatoms. The van der Waals surface area contributed by atoms with Gasteiger partial charge in [0.05, 0.1) is 25.9 Å². The lowest BCUT2D eigenvalue weighted by atomic mass is 9.69. The van der Waals surface area contributed by atoms with Crippen molar-refractivity contribution >= 4 is 23.7 Å². The molecular formula is C26H31NO8. The predicted molar refractivity (Wildman–Crippen MR) is 125 cm³/mol. The average molecular weight is 486 g/mol. The lowest BCUT2D eigenvalue weighted by Crippen LogP contribution is -2.43. The molecule has 1 N–H and O–H groups in total. The molecule has 0 fully saturated rings. The zero-order chi connectivity index (χ0) is 25.9. The van der Waals surface area contributed by atoms with Gasteiger partial charge in [0.25, 0.3) is 0 Å². The molecule has 3 atom stereocenters. The lowest BCUT2D eigenvalue weighted by molar-refractivity contribution is -0.151. The van der Waals surface area contributed by atoms with E-state index < -0.39 is 35.5 Å². The number of benzene rings is 1. The number of carbonyl (C=O) groups is 4. The number of allylic oxidation sites excluding steroid dienone is 3. The summed E-state index contributed by atoms with van der Waals surface area (Å²) in [6.07, 6.45) is 0.425. The molecule has 1 aliphatic heterocycles. The van der Waals surface area contributed by atoms with Crippen LogP contribution in [-0.2, 0) is 28.7 Å². The fourth-order valence-corrected chi connectivity index (χ4v) is 4.70. The maximum atomic E-state index is 13.7. The highest BCUT2D eigenvalue weighted by molar-refractivity contribution is 6.12. The molecule has 9 nitrogen and oxygen atoms in total. The smallest absolute Gasteiger partial charge is 0.336 e. The van der Waals surface area contributed by atoms with Crippen molar-refractivity contribution in [1.82, 2.24) is 5.32 Å². The molecule has 0 bridgehead atoms. The molecule has 2 aliphatic rings. The van der Waals surface area contributed by atoms with Crippen LogP contribution < -0.4 is 14.8 Å². The van der Waals surface area contributed by atoms with Crippen LogP contribution in [0.15, 0.2) is 40.7 Å². The van der Waals surface area contributed by atoms with Gasteiger partial charge in [0.1, 0.15) is 5.92 Å². The molecule has 0 saturated heterocycles. The van der Waals surface area contributed by atoms with Crippen LogP contribution in [0.5, 0.6) is 11.5 Å². The number of carbonyl (C=O) groups excluding carboxylic acids is 4. The monoisotopic (exact) mass is 485 g/mol. The van der Waals surface area contributed by atoms with Gasteiger partial charge in [0.2, 0.25) is 0 Å². The molecule has 1 aliphatic carbocycles. The molecule has 1 aromatic rings. The van der Waals surface area contributed by atoms with Crippen molar-refractivity contribution in [1.29, 1.82) is 0 Å². The van der Waals surface area contributed by atoms with E-state index in [1.54, 1.807) is 39.0 Å². The van der Waals surface area contributed by atoms with Gasteiger partial charge in [-0.25, -0.2) is 4.79 Å². The quantitative estimate of drug-likeness (QED) is 0.353. The summed E-state index contributed by atoms with van der Waals surface area (Å²) in [7, 11) is 1.25. The highest BCUT2D eigenvalue weighted by atomic mass is 16.6. The van der Waals surface area contributed by atoms with E-state index >= 15 is 0 Å². The third-order valence-electron chi connectivity index (χ3n) is 6.09. The number of methoxy groups -OCH3 is 1. The Hall–Kier alpha value is -3.62. The van der Waals surface area contributed by atoms with Crippen LogP contribution in [0.1, 0.15) is 52.5 Å². The molecule has 1 heterocycles. The Morgan fingerprint density at radius 1 is 1.11 bits per heavy atom. The standard InChI is InChI=1S/C26H31NO8/c1-7-33-19-12-16(9-10-18(19)35-15(5)28)22-21(26(31)34-8-2)14(4)27-17-11-13(3)20(25(30)32-6)24(29)23(17)22/h9-10,12-13,20,22,27H,7-8,11H2,1-6H3/t13-,20+,22+/m0/s1. The minimum absolute atomic E-state index is 0.152. The van der Waals surface area contributed by atoms with E-state index in [0.29, 0.717) is 41.3 Å². The van der Waals surface area contributed by atoms with Gasteiger partial charge >= 0.3 is 17.9 Å². The first kappa shape index (κ1) is 26.0. The van der Waals surface area contributed by atoms with Crippen LogP contribution in [0.4, 0.5) is 0 Å². The van der Waals surface area contributed by atoms with Crippen molar-refractivity contribution < 1.29 is 38.1 Å². The SMILES string of the molecule is CCOC(=O)C1=C(C)NC2=C(C(=O)[C@H](C(=O)OC)[C@@H](C)C2)[C@@H]1c1ccc(OC(C)=O)c(OCC)c1. The summed E-state index contributed by atoms with van der Waals surface area (Å²) in [5.74, 6) is -3.67. The van der Waals surface area contributed by atoms with Gasteiger partial charge in [-0.15, -0.1) is 0 Å². The molecule has 0 unspecified atom stereocenters. The zero-order valence-electron chi connectivity index (χ0n) is 20.9. The van der Waals surface area contributed by atoms with Gasteiger partial charge in [-0.3, -0.25) is 14.4 Å². The van der Waals surface area contributed by atoms with E-state index in [9.17, 15) is 19.2 Å². The van der Waals surface area contributed by atoms with Crippen LogP contribution in [0.3, 0.4) is 0 Å². The third-order valence-corrected chi connectivity index (χ3v) is 6.09. The first-order valence-corrected chi connectivity index (χ1v) is 11.6. The summed E-state index contributed by atoms with van der Waals surface area (Å²) in [6, 6.07) is 4.88. The number of ketones is 1. The summed E-state index contributed by atoms with van der Waals surface area (Å²) < 4.78 is 21.2. The first-order valence-electron chi connectivity index (χ1n) is 11.6. The molecular weight excluding hydrogens is 454 g/mol. The molecule has 3 rings (SSSR count). The Balaban J connectivity index is 2.22. The largest absolute Gasteiger partial charge is 0.490 e. The number of rotatable bonds is 7. The molecule has 35 heavy (non-hydrogen) atoms. The van der Waals surface area contributed by atoms with Crippen molar-refractivity contribution in [2.75, 3.05) is 20.3 Å². The van der Waals surface area contributed by atoms with Gasteiger partial charge in [-0.2, -0.15) is 0 Å². The Labute approximate surface area is 204 Å². The Kier molecular flexibility index (Phi) is 7.99. The molecule has 0 radical (unpaired) electrons. The van der Waals surface area contributed by atoms with Crippen LogP contribution in [0.25, 0.3) is 0 Å². The number of Topliss-reactive ketones (excluding diaryl/α,β-unsaturated/α-hetero) is 1. The molecule has 0 spiro atoms. The number of ether oxygens (including phenoxy) is 4. The topological polar surface area (TPSA) is 117 Å². The van der Waals surface area contributed by atoms with E-state index in [-0.39, 0.29) is 23.8 Å². The van der Waals surface area contributed by atoms with Crippen LogP contribution >= 0.6 is 0 Å². The first-order chi connectivity index (χ1) is 16.6. The summed E-state index contributed by atoms with van der Waals surface area (Å²) in [4.78, 5) is 50.9. The van der Waals surface area contributed by atoms with E-state index in [4.69, 9.17) is 18.9 Å². The van der Waals surface area contributed by atoms with Crippen molar-refractivity contribution in [3.8, 4) is 11.5 Å². The van der Waals surface area contributed by atoms with E-state index in [1.165, 1.54) is 14.0 Å². The summed E-state index contributed by atoms with van der Waals surface area (Å²) >= 11 is 0. The van der Waals surface area contributed by atoms with E-state index in [0.717, 1.165) is 0 Å². The molecule has 0 saturated carbocycles. The fraction of sp³-hybridized carbons (Fsp3) is 0.462. The van der Waals surface area contributed by atoms with Crippen LogP contribution in [0.2, 0.25) is 0 Å². The van der Waals surface area contributed by atoms with Crippen molar-refractivity contribution in [3.63, 3.8) is 0 Å². The minimum Gasteiger partial charge on any atom is -0.490 e. The maximum Gasteiger partial charge on any atom is 0.336 e. The summed E-state index contributed by atoms with van der Waals surface area (Å²) in [5.41, 5.74) is 2.35. The third kappa shape index (κ3) is 5.08. The Morgan fingerprint density at radius 3 is 2.43 bits per heavy atom. The lowest BCUT2D eigenvalue weighted by Gasteiger charge is -2.38. The molecule has 1 aromatic carbocycles. The van der Waals surface area contributed by atoms with Crippen molar-refractivity contribution in [3.05, 3.63) is 46.3 Å². The van der Waals surface area contributed by atoms with Crippen molar-refractivity contribution in [2.24, 2.45) is 11.8 Å². The van der Waals surface area contributed by atoms with Gasteiger partial charge < -0.3 is 24.3 Å². The van der Waals surface area contributed by atoms with E-state index in [2.05, 4.69) is 5.32 Å². The highest BCUT2D eigenvalue weighted by Crippen LogP contribution is 2.46. The van der Waals surface area contributed by atoms with Gasteiger partial charge in [0.15, 0.2) is 17.3 Å². The van der Waals surface area contributed by atoms with E-state index in [1.807, 2.05) is 6.92 Å². The second kappa shape index (κ2) is 10.8. The Bertz CT molecular complexity index is 1120. The number of hydrogen-bond donors (Lipinski definition) is 1. The zero-order valence-corrected chi connectivity index (χ0v) is 20.9. The normalized spacial score (nSPS) is 21.7. The maximum absolute atomic E-state index is 13.7. The number of esters is 3. The average Bonchev–Trinajstić information content (AvgIpc) is 2.79. The number of nitrogens with one attached hydrogen (secondary N) is 1. The Morgan fingerprint density at radius 2 is 1.83 bits per heavy atom. The summed E-state index contributed by atoms with van der Waals surface area (Å²) in [6.45, 7) is 8.80. The second-order valence-electron chi connectivity index (χ2n) is 8.49. The minimum atomic E-state index is -0.989. The van der Waals surface area contributed by atoms with Gasteiger partial charge in [-0.05, 0) is 50.8 Å². The van der Waals surface area contributed by atoms with Gasteiger partial charge in [0, 0.05) is 29.8 Å². The highest BCUT2D eigenvalue weighted by Gasteiger charge is 2.47. The predicted octanol–water partition coefficient (Wildman–Crippen LogP) is 3.19. The van der Waals surface area contributed by atoms with Crippen molar-refractivity contribution in [2.45, 2.75) is 47.0 Å². The fourth-order valence-electron chi connectivity index (χ4n) is 4.70.